The van der Waals surface area contributed by atoms with Crippen molar-refractivity contribution in [2.24, 2.45) is 5.41 Å². The molecule has 0 aliphatic carbocycles. The van der Waals surface area contributed by atoms with Crippen molar-refractivity contribution in [3.63, 3.8) is 0 Å². The zero-order chi connectivity index (χ0) is 13.9. The SMILES string of the molecule is CCC1(CC)CCN(c2ccc(Cl)cc2CCl)CC1. The molecule has 19 heavy (non-hydrogen) atoms. The van der Waals surface area contributed by atoms with E-state index in [2.05, 4.69) is 24.8 Å². The van der Waals surface area contributed by atoms with Gasteiger partial charge < -0.3 is 4.90 Å². The van der Waals surface area contributed by atoms with Crippen LogP contribution < -0.4 is 4.90 Å². The Hall–Kier alpha value is -0.400. The standard InChI is InChI=1S/C16H23Cl2N/c1-3-16(4-2)7-9-19(10-8-16)15-6-5-14(18)11-13(15)12-17/h5-6,11H,3-4,7-10,12H2,1-2H3. The maximum absolute atomic E-state index is 6.05. The van der Waals surface area contributed by atoms with Crippen LogP contribution in [0.4, 0.5) is 5.69 Å². The molecule has 1 saturated heterocycles. The number of nitrogens with zero attached hydrogens (tertiary/aromatic N) is 1. The molecule has 1 heterocycles. The van der Waals surface area contributed by atoms with Crippen LogP contribution in [0, 0.1) is 5.41 Å². The predicted octanol–water partition coefficient (Wildman–Crippen LogP) is 5.49. The van der Waals surface area contributed by atoms with Gasteiger partial charge in [0.2, 0.25) is 0 Å². The quantitative estimate of drug-likeness (QED) is 0.665. The number of hydrogen-bond donors (Lipinski definition) is 0. The van der Waals surface area contributed by atoms with Crippen LogP contribution in [0.5, 0.6) is 0 Å². The molecule has 0 unspecified atom stereocenters. The highest BCUT2D eigenvalue weighted by Gasteiger charge is 2.31. The van der Waals surface area contributed by atoms with E-state index in [-0.39, 0.29) is 0 Å². The first-order valence-corrected chi connectivity index (χ1v) is 8.14. The summed E-state index contributed by atoms with van der Waals surface area (Å²) in [6.07, 6.45) is 5.15. The fraction of sp³-hybridized carbons (Fsp3) is 0.625. The summed E-state index contributed by atoms with van der Waals surface area (Å²) < 4.78 is 0. The minimum Gasteiger partial charge on any atom is -0.371 e. The van der Waals surface area contributed by atoms with E-state index in [4.69, 9.17) is 23.2 Å². The summed E-state index contributed by atoms with van der Waals surface area (Å²) in [7, 11) is 0. The maximum atomic E-state index is 6.05. The van der Waals surface area contributed by atoms with Gasteiger partial charge in [-0.15, -0.1) is 11.6 Å². The van der Waals surface area contributed by atoms with Crippen molar-refractivity contribution in [3.05, 3.63) is 28.8 Å². The number of halogens is 2. The Morgan fingerprint density at radius 3 is 2.32 bits per heavy atom. The van der Waals surface area contributed by atoms with Gasteiger partial charge in [-0.3, -0.25) is 0 Å². The molecule has 3 heteroatoms. The van der Waals surface area contributed by atoms with Crippen LogP contribution in [0.3, 0.4) is 0 Å². The fourth-order valence-corrected chi connectivity index (χ4v) is 3.56. The lowest BCUT2D eigenvalue weighted by Crippen LogP contribution is -2.40. The van der Waals surface area contributed by atoms with Gasteiger partial charge in [0, 0.05) is 29.7 Å². The number of piperidine rings is 1. The predicted molar refractivity (Wildman–Crippen MR) is 85.5 cm³/mol. The third-order valence-electron chi connectivity index (χ3n) is 4.85. The highest BCUT2D eigenvalue weighted by Crippen LogP contribution is 2.40. The van der Waals surface area contributed by atoms with Crippen LogP contribution in [0.1, 0.15) is 45.1 Å². The summed E-state index contributed by atoms with van der Waals surface area (Å²) in [6, 6.07) is 6.07. The third-order valence-corrected chi connectivity index (χ3v) is 5.37. The Balaban J connectivity index is 2.13. The lowest BCUT2D eigenvalue weighted by atomic mass is 9.74. The highest BCUT2D eigenvalue weighted by molar-refractivity contribution is 6.30. The number of hydrogen-bond acceptors (Lipinski definition) is 1. The lowest BCUT2D eigenvalue weighted by molar-refractivity contribution is 0.199. The molecule has 1 nitrogen and oxygen atoms in total. The van der Waals surface area contributed by atoms with E-state index in [1.807, 2.05) is 12.1 Å². The Labute approximate surface area is 126 Å². The van der Waals surface area contributed by atoms with Crippen molar-refractivity contribution in [2.45, 2.75) is 45.4 Å². The van der Waals surface area contributed by atoms with Crippen LogP contribution in [0.15, 0.2) is 18.2 Å². The number of benzene rings is 1. The molecule has 106 valence electrons. The largest absolute Gasteiger partial charge is 0.371 e. The van der Waals surface area contributed by atoms with Gasteiger partial charge in [0.05, 0.1) is 0 Å². The van der Waals surface area contributed by atoms with Gasteiger partial charge in [0.1, 0.15) is 0 Å². The van der Waals surface area contributed by atoms with E-state index in [0.717, 1.165) is 23.7 Å². The van der Waals surface area contributed by atoms with E-state index in [1.54, 1.807) is 0 Å². The first-order chi connectivity index (χ1) is 9.14. The molecule has 0 radical (unpaired) electrons. The summed E-state index contributed by atoms with van der Waals surface area (Å²) in [5.74, 6) is 0.527. The topological polar surface area (TPSA) is 3.24 Å². The minimum absolute atomic E-state index is 0.527. The second-order valence-corrected chi connectivity index (χ2v) is 6.30. The molecule has 1 aliphatic heterocycles. The highest BCUT2D eigenvalue weighted by atomic mass is 35.5. The van der Waals surface area contributed by atoms with Gasteiger partial charge in [-0.25, -0.2) is 0 Å². The third kappa shape index (κ3) is 3.20. The van der Waals surface area contributed by atoms with Crippen molar-refractivity contribution in [2.75, 3.05) is 18.0 Å². The molecule has 0 amide bonds. The van der Waals surface area contributed by atoms with Crippen LogP contribution in [-0.2, 0) is 5.88 Å². The van der Waals surface area contributed by atoms with Gasteiger partial charge in [0.15, 0.2) is 0 Å². The van der Waals surface area contributed by atoms with Gasteiger partial charge in [-0.05, 0) is 42.0 Å². The van der Waals surface area contributed by atoms with Crippen LogP contribution in [0.25, 0.3) is 0 Å². The molecule has 0 atom stereocenters. The molecule has 0 aromatic heterocycles. The number of rotatable bonds is 4. The molecule has 1 aromatic rings. The molecule has 1 fully saturated rings. The molecule has 0 saturated carbocycles. The van der Waals surface area contributed by atoms with Gasteiger partial charge in [0.25, 0.3) is 0 Å². The summed E-state index contributed by atoms with van der Waals surface area (Å²) in [6.45, 7) is 6.91. The van der Waals surface area contributed by atoms with E-state index >= 15 is 0 Å². The van der Waals surface area contributed by atoms with Crippen LogP contribution >= 0.6 is 23.2 Å². The minimum atomic E-state index is 0.527. The molecule has 2 rings (SSSR count). The molecular formula is C16H23Cl2N. The smallest absolute Gasteiger partial charge is 0.0495 e. The first-order valence-electron chi connectivity index (χ1n) is 7.23. The Morgan fingerprint density at radius 2 is 1.79 bits per heavy atom. The monoisotopic (exact) mass is 299 g/mol. The van der Waals surface area contributed by atoms with E-state index in [1.165, 1.54) is 31.4 Å². The van der Waals surface area contributed by atoms with Crippen molar-refractivity contribution in [1.29, 1.82) is 0 Å². The van der Waals surface area contributed by atoms with Gasteiger partial charge in [-0.1, -0.05) is 38.3 Å². The van der Waals surface area contributed by atoms with Gasteiger partial charge >= 0.3 is 0 Å². The van der Waals surface area contributed by atoms with E-state index < -0.39 is 0 Å². The van der Waals surface area contributed by atoms with Crippen molar-refractivity contribution in [1.82, 2.24) is 0 Å². The second-order valence-electron chi connectivity index (χ2n) is 5.60. The van der Waals surface area contributed by atoms with Gasteiger partial charge in [-0.2, -0.15) is 0 Å². The van der Waals surface area contributed by atoms with Crippen molar-refractivity contribution < 1.29 is 0 Å². The molecule has 1 aliphatic rings. The summed E-state index contributed by atoms with van der Waals surface area (Å²) >= 11 is 12.1. The molecule has 0 spiro atoms. The van der Waals surface area contributed by atoms with Crippen LogP contribution in [0.2, 0.25) is 5.02 Å². The summed E-state index contributed by atoms with van der Waals surface area (Å²) in [5.41, 5.74) is 2.97. The number of anilines is 1. The second kappa shape index (κ2) is 6.37. The average Bonchev–Trinajstić information content (AvgIpc) is 2.47. The summed E-state index contributed by atoms with van der Waals surface area (Å²) in [5, 5.41) is 0.771. The zero-order valence-electron chi connectivity index (χ0n) is 11.9. The molecular weight excluding hydrogens is 277 g/mol. The lowest BCUT2D eigenvalue weighted by Gasteiger charge is -2.42. The normalized spacial score (nSPS) is 18.6. The average molecular weight is 300 g/mol. The Bertz CT molecular complexity index is 417. The Morgan fingerprint density at radius 1 is 1.16 bits per heavy atom. The summed E-state index contributed by atoms with van der Waals surface area (Å²) in [4.78, 5) is 2.47. The number of alkyl halides is 1. The van der Waals surface area contributed by atoms with Crippen molar-refractivity contribution in [3.8, 4) is 0 Å². The molecule has 0 N–H and O–H groups in total. The molecule has 0 bridgehead atoms. The van der Waals surface area contributed by atoms with Crippen LogP contribution in [-0.4, -0.2) is 13.1 Å². The van der Waals surface area contributed by atoms with E-state index in [0.29, 0.717) is 11.3 Å². The Kier molecular flexibility index (Phi) is 5.03. The maximum Gasteiger partial charge on any atom is 0.0495 e. The zero-order valence-corrected chi connectivity index (χ0v) is 13.4. The van der Waals surface area contributed by atoms with E-state index in [9.17, 15) is 0 Å². The fourth-order valence-electron chi connectivity index (χ4n) is 3.15. The first kappa shape index (κ1) is 15.0. The molecule has 1 aromatic carbocycles. The van der Waals surface area contributed by atoms with Crippen molar-refractivity contribution >= 4 is 28.9 Å².